The molecule has 2 nitrogen and oxygen atoms in total. The summed E-state index contributed by atoms with van der Waals surface area (Å²) in [6, 6.07) is 72.4. The first-order valence-electron chi connectivity index (χ1n) is 18.5. The summed E-state index contributed by atoms with van der Waals surface area (Å²) in [4.78, 5) is 2.39. The van der Waals surface area contributed by atoms with Gasteiger partial charge in [0.25, 0.3) is 0 Å². The minimum absolute atomic E-state index is 0.884. The van der Waals surface area contributed by atoms with Crippen LogP contribution < -0.4 is 4.90 Å². The topological polar surface area (TPSA) is 16.4 Å². The summed E-state index contributed by atoms with van der Waals surface area (Å²) in [6.07, 6.45) is 0. The Bertz CT molecular complexity index is 3200. The standard InChI is InChI=1S/C52H33NO/c1-2-18-41-34(12-1)13-11-24-42(41)37-16-9-14-35(30-37)36-15-10-17-38(31-36)53(40-27-29-52-50(33-40)48-23-7-8-25-51(48)54-52)39-26-28-47-45-21-4-3-19-43(45)44-20-5-6-22-46(44)49(47)32-39/h1-33H. The smallest absolute Gasteiger partial charge is 0.135 e. The fraction of sp³-hybridized carbons (Fsp3) is 0. The van der Waals surface area contributed by atoms with Crippen molar-refractivity contribution in [2.24, 2.45) is 0 Å². The van der Waals surface area contributed by atoms with Crippen molar-refractivity contribution in [3.05, 3.63) is 200 Å². The van der Waals surface area contributed by atoms with Crippen LogP contribution in [0.4, 0.5) is 17.1 Å². The molecule has 252 valence electrons. The van der Waals surface area contributed by atoms with Crippen molar-refractivity contribution < 1.29 is 4.42 Å². The highest BCUT2D eigenvalue weighted by Crippen LogP contribution is 2.43. The van der Waals surface area contributed by atoms with E-state index >= 15 is 0 Å². The SMILES string of the molecule is c1cc(-c2cccc(N(c3ccc4oc5ccccc5c4c3)c3ccc4c5ccccc5c5ccccc5c4c3)c2)cc(-c2cccc3ccccc23)c1. The van der Waals surface area contributed by atoms with Crippen molar-refractivity contribution in [1.29, 1.82) is 0 Å². The third kappa shape index (κ3) is 4.88. The van der Waals surface area contributed by atoms with Gasteiger partial charge in [-0.05, 0) is 120 Å². The lowest BCUT2D eigenvalue weighted by Gasteiger charge is -2.27. The molecule has 0 N–H and O–H groups in total. The first-order chi connectivity index (χ1) is 26.8. The summed E-state index contributed by atoms with van der Waals surface area (Å²) >= 11 is 0. The molecule has 0 aliphatic carbocycles. The molecule has 11 aromatic rings. The van der Waals surface area contributed by atoms with Crippen LogP contribution in [0.5, 0.6) is 0 Å². The van der Waals surface area contributed by atoms with Crippen LogP contribution in [0.15, 0.2) is 205 Å². The molecule has 0 amide bonds. The van der Waals surface area contributed by atoms with Gasteiger partial charge in [0.2, 0.25) is 0 Å². The molecule has 54 heavy (non-hydrogen) atoms. The van der Waals surface area contributed by atoms with Crippen molar-refractivity contribution >= 4 is 82.1 Å². The molecule has 2 heteroatoms. The van der Waals surface area contributed by atoms with Gasteiger partial charge >= 0.3 is 0 Å². The molecule has 0 aliphatic heterocycles. The summed E-state index contributed by atoms with van der Waals surface area (Å²) < 4.78 is 6.28. The molecular formula is C52H33NO. The molecule has 0 bridgehead atoms. The number of hydrogen-bond donors (Lipinski definition) is 0. The number of rotatable bonds is 5. The highest BCUT2D eigenvalue weighted by Gasteiger charge is 2.18. The summed E-state index contributed by atoms with van der Waals surface area (Å²) in [5.74, 6) is 0. The van der Waals surface area contributed by atoms with Crippen LogP contribution in [0.1, 0.15) is 0 Å². The lowest BCUT2D eigenvalue weighted by atomic mass is 9.93. The Kier molecular flexibility index (Phi) is 6.90. The van der Waals surface area contributed by atoms with Crippen molar-refractivity contribution in [2.45, 2.75) is 0 Å². The summed E-state index contributed by atoms with van der Waals surface area (Å²) in [7, 11) is 0. The highest BCUT2D eigenvalue weighted by molar-refractivity contribution is 6.26. The van der Waals surface area contributed by atoms with Gasteiger partial charge < -0.3 is 9.32 Å². The van der Waals surface area contributed by atoms with E-state index in [1.165, 1.54) is 59.8 Å². The molecule has 0 saturated heterocycles. The molecule has 0 spiro atoms. The number of hydrogen-bond acceptors (Lipinski definition) is 2. The molecule has 1 aromatic heterocycles. The van der Waals surface area contributed by atoms with Gasteiger partial charge in [-0.1, -0.05) is 146 Å². The van der Waals surface area contributed by atoms with Gasteiger partial charge in [0, 0.05) is 27.8 Å². The number of anilines is 3. The highest BCUT2D eigenvalue weighted by atomic mass is 16.3. The number of nitrogens with zero attached hydrogens (tertiary/aromatic N) is 1. The van der Waals surface area contributed by atoms with E-state index in [0.717, 1.165) is 44.6 Å². The first kappa shape index (κ1) is 30.5. The van der Waals surface area contributed by atoms with E-state index in [2.05, 4.69) is 193 Å². The van der Waals surface area contributed by atoms with E-state index in [1.54, 1.807) is 0 Å². The number of para-hydroxylation sites is 1. The Labute approximate surface area is 312 Å². The molecule has 1 heterocycles. The maximum atomic E-state index is 6.28. The predicted octanol–water partition coefficient (Wildman–Crippen LogP) is 15.0. The molecule has 0 aliphatic rings. The van der Waals surface area contributed by atoms with Crippen LogP contribution >= 0.6 is 0 Å². The van der Waals surface area contributed by atoms with Crippen LogP contribution in [-0.4, -0.2) is 0 Å². The van der Waals surface area contributed by atoms with Crippen molar-refractivity contribution in [3.63, 3.8) is 0 Å². The Morgan fingerprint density at radius 2 is 0.778 bits per heavy atom. The molecule has 10 aromatic carbocycles. The number of furan rings is 1. The largest absolute Gasteiger partial charge is 0.456 e. The van der Waals surface area contributed by atoms with E-state index < -0.39 is 0 Å². The average molecular weight is 688 g/mol. The normalized spacial score (nSPS) is 11.7. The fourth-order valence-corrected chi connectivity index (χ4v) is 8.50. The van der Waals surface area contributed by atoms with Gasteiger partial charge in [0.1, 0.15) is 11.2 Å². The Morgan fingerprint density at radius 3 is 1.56 bits per heavy atom. The average Bonchev–Trinajstić information content (AvgIpc) is 3.62. The maximum absolute atomic E-state index is 6.28. The second-order valence-corrected chi connectivity index (χ2v) is 14.1. The second kappa shape index (κ2) is 12.2. The maximum Gasteiger partial charge on any atom is 0.135 e. The zero-order valence-electron chi connectivity index (χ0n) is 29.4. The zero-order chi connectivity index (χ0) is 35.6. The molecule has 11 rings (SSSR count). The zero-order valence-corrected chi connectivity index (χ0v) is 29.4. The Hall–Kier alpha value is -7.16. The van der Waals surface area contributed by atoms with E-state index in [9.17, 15) is 0 Å². The Balaban J connectivity index is 1.12. The lowest BCUT2D eigenvalue weighted by Crippen LogP contribution is -2.10. The van der Waals surface area contributed by atoms with E-state index in [1.807, 2.05) is 12.1 Å². The minimum atomic E-state index is 0.884. The summed E-state index contributed by atoms with van der Waals surface area (Å²) in [6.45, 7) is 0. The van der Waals surface area contributed by atoms with Crippen molar-refractivity contribution in [2.75, 3.05) is 4.90 Å². The van der Waals surface area contributed by atoms with Crippen LogP contribution in [0, 0.1) is 0 Å². The summed E-state index contributed by atoms with van der Waals surface area (Å²) in [5, 5.41) is 12.3. The monoisotopic (exact) mass is 687 g/mol. The third-order valence-electron chi connectivity index (χ3n) is 11.0. The summed E-state index contributed by atoms with van der Waals surface area (Å²) in [5.41, 5.74) is 9.81. The first-order valence-corrected chi connectivity index (χ1v) is 18.5. The third-order valence-corrected chi connectivity index (χ3v) is 11.0. The van der Waals surface area contributed by atoms with Gasteiger partial charge in [-0.2, -0.15) is 0 Å². The van der Waals surface area contributed by atoms with Gasteiger partial charge in [-0.3, -0.25) is 0 Å². The quantitative estimate of drug-likeness (QED) is 0.168. The predicted molar refractivity (Wildman–Crippen MR) is 229 cm³/mol. The van der Waals surface area contributed by atoms with Gasteiger partial charge in [0.05, 0.1) is 0 Å². The van der Waals surface area contributed by atoms with E-state index in [0.29, 0.717) is 0 Å². The van der Waals surface area contributed by atoms with Gasteiger partial charge in [-0.15, -0.1) is 0 Å². The molecule has 0 atom stereocenters. The van der Waals surface area contributed by atoms with E-state index in [-0.39, 0.29) is 0 Å². The molecule has 0 fully saturated rings. The second-order valence-electron chi connectivity index (χ2n) is 14.1. The van der Waals surface area contributed by atoms with Crippen LogP contribution in [0.25, 0.3) is 87.3 Å². The lowest BCUT2D eigenvalue weighted by molar-refractivity contribution is 0.669. The number of fused-ring (bicyclic) bond motifs is 10. The molecule has 0 unspecified atom stereocenters. The molecular weight excluding hydrogens is 655 g/mol. The van der Waals surface area contributed by atoms with Crippen LogP contribution in [0.2, 0.25) is 0 Å². The van der Waals surface area contributed by atoms with Gasteiger partial charge in [0.15, 0.2) is 0 Å². The van der Waals surface area contributed by atoms with Crippen molar-refractivity contribution in [1.82, 2.24) is 0 Å². The fourth-order valence-electron chi connectivity index (χ4n) is 8.50. The van der Waals surface area contributed by atoms with Crippen LogP contribution in [0.3, 0.4) is 0 Å². The molecule has 0 radical (unpaired) electrons. The van der Waals surface area contributed by atoms with Crippen LogP contribution in [-0.2, 0) is 0 Å². The Morgan fingerprint density at radius 1 is 0.278 bits per heavy atom. The molecule has 0 saturated carbocycles. The van der Waals surface area contributed by atoms with Gasteiger partial charge in [-0.25, -0.2) is 0 Å². The number of benzene rings is 10. The van der Waals surface area contributed by atoms with Crippen molar-refractivity contribution in [3.8, 4) is 22.3 Å². The minimum Gasteiger partial charge on any atom is -0.456 e. The van der Waals surface area contributed by atoms with E-state index in [4.69, 9.17) is 4.42 Å².